The van der Waals surface area contributed by atoms with Crippen LogP contribution in [0.15, 0.2) is 36.9 Å². The monoisotopic (exact) mass is 582 g/mol. The molecule has 5 atom stereocenters. The summed E-state index contributed by atoms with van der Waals surface area (Å²) in [5, 5.41) is 11.3. The van der Waals surface area contributed by atoms with Crippen molar-refractivity contribution in [2.24, 2.45) is 11.8 Å². The second kappa shape index (κ2) is 11.1. The van der Waals surface area contributed by atoms with Gasteiger partial charge >= 0.3 is 5.97 Å². The Morgan fingerprint density at radius 3 is 2.74 bits per heavy atom. The summed E-state index contributed by atoms with van der Waals surface area (Å²) in [6.45, 7) is 15.9. The number of rotatable bonds is 6. The standard InChI is InChI=1S/C36H42N2O5/c1-7-15-37-16-14-36-27-11-12-28(38(20-21(2)3)32(41)13-10-25-9-8-22(4)23(5)17-25)35(36)43-34-31(42-24(6)39)19-30(40)26(33(34)36)18-29(27)37/h7-9,17,19,21,27-29,35,40H,1,11-12,14-16,18,20H2,2-6H3/t27-,28-,29+,35-,36-/m0/s1. The van der Waals surface area contributed by atoms with E-state index in [0.717, 1.165) is 54.6 Å². The van der Waals surface area contributed by atoms with Crippen LogP contribution in [0.2, 0.25) is 0 Å². The predicted molar refractivity (Wildman–Crippen MR) is 165 cm³/mol. The maximum absolute atomic E-state index is 14.0. The lowest BCUT2D eigenvalue weighted by Crippen LogP contribution is -2.69. The zero-order valence-electron chi connectivity index (χ0n) is 25.9. The minimum absolute atomic E-state index is 0.138. The molecule has 1 amide bonds. The largest absolute Gasteiger partial charge is 0.508 e. The van der Waals surface area contributed by atoms with E-state index in [9.17, 15) is 14.7 Å². The van der Waals surface area contributed by atoms with Crippen molar-refractivity contribution in [3.63, 3.8) is 0 Å². The molecule has 1 saturated carbocycles. The van der Waals surface area contributed by atoms with E-state index in [4.69, 9.17) is 9.47 Å². The summed E-state index contributed by atoms with van der Waals surface area (Å²) in [5.74, 6) is 6.88. The normalized spacial score (nSPS) is 26.6. The molecule has 7 heteroatoms. The molecule has 226 valence electrons. The highest BCUT2D eigenvalue weighted by molar-refractivity contribution is 5.94. The molecule has 2 aliphatic heterocycles. The molecule has 0 aromatic heterocycles. The van der Waals surface area contributed by atoms with Crippen LogP contribution >= 0.6 is 0 Å². The van der Waals surface area contributed by atoms with E-state index < -0.39 is 11.4 Å². The summed E-state index contributed by atoms with van der Waals surface area (Å²) in [5.41, 5.74) is 4.61. The van der Waals surface area contributed by atoms with Crippen molar-refractivity contribution < 1.29 is 24.2 Å². The zero-order chi connectivity index (χ0) is 30.6. The van der Waals surface area contributed by atoms with Gasteiger partial charge in [-0.15, -0.1) is 6.58 Å². The molecule has 7 nitrogen and oxygen atoms in total. The van der Waals surface area contributed by atoms with Gasteiger partial charge in [-0.2, -0.15) is 0 Å². The third-order valence-electron chi connectivity index (χ3n) is 10.2. The Morgan fingerprint density at radius 1 is 1.26 bits per heavy atom. The first-order valence-electron chi connectivity index (χ1n) is 15.5. The Kier molecular flexibility index (Phi) is 7.54. The maximum Gasteiger partial charge on any atom is 0.308 e. The first-order chi connectivity index (χ1) is 20.5. The van der Waals surface area contributed by atoms with Crippen LogP contribution in [-0.4, -0.2) is 64.6 Å². The minimum Gasteiger partial charge on any atom is -0.508 e. The number of likely N-dealkylation sites (tertiary alicyclic amines) is 1. The fourth-order valence-corrected chi connectivity index (χ4v) is 8.37. The Morgan fingerprint density at radius 2 is 2.05 bits per heavy atom. The quantitative estimate of drug-likeness (QED) is 0.222. The number of benzene rings is 2. The van der Waals surface area contributed by atoms with Gasteiger partial charge in [0.2, 0.25) is 0 Å². The van der Waals surface area contributed by atoms with Crippen LogP contribution < -0.4 is 9.47 Å². The molecule has 1 saturated heterocycles. The van der Waals surface area contributed by atoms with E-state index in [0.29, 0.717) is 18.7 Å². The van der Waals surface area contributed by atoms with E-state index >= 15 is 0 Å². The topological polar surface area (TPSA) is 79.3 Å². The highest BCUT2D eigenvalue weighted by Gasteiger charge is 2.67. The number of carbonyl (C=O) groups excluding carboxylic acids is 2. The molecule has 2 bridgehead atoms. The number of hydrogen-bond donors (Lipinski definition) is 1. The Hall–Kier alpha value is -3.76. The molecule has 4 aliphatic rings. The van der Waals surface area contributed by atoms with Gasteiger partial charge in [-0.1, -0.05) is 31.9 Å². The molecule has 1 spiro atoms. The van der Waals surface area contributed by atoms with Crippen molar-refractivity contribution >= 4 is 11.9 Å². The predicted octanol–water partition coefficient (Wildman–Crippen LogP) is 5.06. The number of phenolic OH excluding ortho intramolecular Hbond substituents is 1. The highest BCUT2D eigenvalue weighted by atomic mass is 16.6. The number of nitrogens with zero attached hydrogens (tertiary/aromatic N) is 2. The van der Waals surface area contributed by atoms with Gasteiger partial charge < -0.3 is 19.5 Å². The molecular weight excluding hydrogens is 540 g/mol. The van der Waals surface area contributed by atoms with Crippen LogP contribution in [0.4, 0.5) is 0 Å². The van der Waals surface area contributed by atoms with Crippen molar-refractivity contribution in [2.75, 3.05) is 19.6 Å². The molecule has 2 aromatic carbocycles. The van der Waals surface area contributed by atoms with Crippen LogP contribution in [0.5, 0.6) is 17.2 Å². The van der Waals surface area contributed by atoms with Crippen molar-refractivity contribution in [2.45, 2.75) is 83.9 Å². The van der Waals surface area contributed by atoms with E-state index in [-0.39, 0.29) is 47.4 Å². The smallest absolute Gasteiger partial charge is 0.308 e. The molecule has 0 unspecified atom stereocenters. The lowest BCUT2D eigenvalue weighted by atomic mass is 9.50. The fraction of sp³-hybridized carbons (Fsp3) is 0.500. The Balaban J connectivity index is 1.44. The van der Waals surface area contributed by atoms with E-state index in [1.807, 2.05) is 36.1 Å². The lowest BCUT2D eigenvalue weighted by Gasteiger charge is -2.60. The first-order valence-corrected chi connectivity index (χ1v) is 15.5. The molecule has 2 aliphatic carbocycles. The van der Waals surface area contributed by atoms with Crippen LogP contribution in [0.1, 0.15) is 67.9 Å². The molecular formula is C36H42N2O5. The molecule has 2 aromatic rings. The van der Waals surface area contributed by atoms with E-state index in [1.54, 1.807) is 0 Å². The SMILES string of the molecule is C=CCN1CC[C@]23c4c5c(O)cc(OC(C)=O)c4O[C@H]2[C@@H](N(CC(C)C)C(=O)C#Cc2ccc(C)c(C)c2)CC[C@H]3[C@H]1C5. The number of aromatic hydroxyl groups is 1. The van der Waals surface area contributed by atoms with Gasteiger partial charge in [0.15, 0.2) is 11.5 Å². The van der Waals surface area contributed by atoms with E-state index in [2.05, 4.69) is 44.1 Å². The van der Waals surface area contributed by atoms with Gasteiger partial charge in [0.1, 0.15) is 11.9 Å². The van der Waals surface area contributed by atoms with Crippen LogP contribution in [0.3, 0.4) is 0 Å². The molecule has 2 fully saturated rings. The second-order valence-corrected chi connectivity index (χ2v) is 13.2. The summed E-state index contributed by atoms with van der Waals surface area (Å²) in [6.07, 6.45) is 4.85. The fourth-order valence-electron chi connectivity index (χ4n) is 8.37. The molecule has 0 radical (unpaired) electrons. The molecule has 2 heterocycles. The highest BCUT2D eigenvalue weighted by Crippen LogP contribution is 2.65. The lowest BCUT2D eigenvalue weighted by molar-refractivity contribution is -0.137. The van der Waals surface area contributed by atoms with Crippen molar-refractivity contribution in [1.29, 1.82) is 0 Å². The van der Waals surface area contributed by atoms with E-state index in [1.165, 1.54) is 18.6 Å². The van der Waals surface area contributed by atoms with Crippen LogP contribution in [0.25, 0.3) is 0 Å². The van der Waals surface area contributed by atoms with Gasteiger partial charge in [0.25, 0.3) is 5.91 Å². The van der Waals surface area contributed by atoms with Gasteiger partial charge in [-0.05, 0) is 81.2 Å². The summed E-state index contributed by atoms with van der Waals surface area (Å²) >= 11 is 0. The number of piperidine rings is 1. The number of esters is 1. The maximum atomic E-state index is 14.0. The number of ether oxygens (including phenoxy) is 2. The Labute approximate surface area is 254 Å². The molecule has 43 heavy (non-hydrogen) atoms. The summed E-state index contributed by atoms with van der Waals surface area (Å²) in [4.78, 5) is 30.5. The average Bonchev–Trinajstić information content (AvgIpc) is 3.29. The number of carbonyl (C=O) groups is 2. The molecule has 1 N–H and O–H groups in total. The van der Waals surface area contributed by atoms with Gasteiger partial charge in [-0.3, -0.25) is 14.5 Å². The van der Waals surface area contributed by atoms with Crippen molar-refractivity contribution in [3.8, 4) is 29.1 Å². The van der Waals surface area contributed by atoms with Crippen molar-refractivity contribution in [3.05, 3.63) is 64.7 Å². The second-order valence-electron chi connectivity index (χ2n) is 13.2. The van der Waals surface area contributed by atoms with Gasteiger partial charge in [0, 0.05) is 60.1 Å². The third kappa shape index (κ3) is 4.80. The number of phenols is 1. The average molecular weight is 583 g/mol. The first kappa shape index (κ1) is 29.3. The Bertz CT molecular complexity index is 1550. The molecule has 6 rings (SSSR count). The van der Waals surface area contributed by atoms with Gasteiger partial charge in [0.05, 0.1) is 6.04 Å². The summed E-state index contributed by atoms with van der Waals surface area (Å²) < 4.78 is 12.5. The minimum atomic E-state index is -0.465. The number of hydrogen-bond acceptors (Lipinski definition) is 6. The van der Waals surface area contributed by atoms with Gasteiger partial charge in [-0.25, -0.2) is 0 Å². The zero-order valence-corrected chi connectivity index (χ0v) is 25.9. The van der Waals surface area contributed by atoms with Crippen LogP contribution in [-0.2, 0) is 21.4 Å². The third-order valence-corrected chi connectivity index (χ3v) is 10.2. The number of amides is 1. The summed E-state index contributed by atoms with van der Waals surface area (Å²) in [6, 6.07) is 7.55. The number of aryl methyl sites for hydroxylation is 2. The van der Waals surface area contributed by atoms with Crippen LogP contribution in [0, 0.1) is 37.5 Å². The summed E-state index contributed by atoms with van der Waals surface area (Å²) in [7, 11) is 0. The van der Waals surface area contributed by atoms with Crippen molar-refractivity contribution in [1.82, 2.24) is 9.80 Å².